The van der Waals surface area contributed by atoms with Crippen LogP contribution in [0.2, 0.25) is 0 Å². The first kappa shape index (κ1) is 15.1. The summed E-state index contributed by atoms with van der Waals surface area (Å²) in [5.74, 6) is -2.83. The van der Waals surface area contributed by atoms with E-state index in [1.165, 1.54) is 4.90 Å². The van der Waals surface area contributed by atoms with Crippen molar-refractivity contribution in [2.45, 2.75) is 44.7 Å². The number of hydrogen-bond acceptors (Lipinski definition) is 2. The van der Waals surface area contributed by atoms with Crippen molar-refractivity contribution in [2.75, 3.05) is 13.1 Å². The summed E-state index contributed by atoms with van der Waals surface area (Å²) < 4.78 is 39.1. The van der Waals surface area contributed by atoms with E-state index in [1.807, 2.05) is 0 Å². The molecule has 2 fully saturated rings. The van der Waals surface area contributed by atoms with E-state index in [0.717, 1.165) is 0 Å². The predicted octanol–water partition coefficient (Wildman–Crippen LogP) is 3.12. The number of amides is 1. The lowest BCUT2D eigenvalue weighted by atomic mass is 9.77. The molecule has 1 aliphatic carbocycles. The van der Waals surface area contributed by atoms with E-state index in [0.29, 0.717) is 45.2 Å². The van der Waals surface area contributed by atoms with Gasteiger partial charge in [0.15, 0.2) is 0 Å². The Bertz CT molecular complexity index is 394. The highest BCUT2D eigenvalue weighted by Gasteiger charge is 2.49. The van der Waals surface area contributed by atoms with Crippen LogP contribution in [0.15, 0.2) is 0 Å². The number of hydrogen-bond donors (Lipinski definition) is 0. The summed E-state index contributed by atoms with van der Waals surface area (Å²) in [6.07, 6.45) is -1.50. The van der Waals surface area contributed by atoms with Crippen molar-refractivity contribution >= 4 is 5.91 Å². The van der Waals surface area contributed by atoms with Crippen molar-refractivity contribution in [2.24, 2.45) is 17.8 Å². The molecule has 2 aliphatic rings. The molecule has 2 unspecified atom stereocenters. The number of carbonyl (C=O) groups excluding carboxylic acids is 1. The van der Waals surface area contributed by atoms with Crippen LogP contribution in [-0.4, -0.2) is 30.1 Å². The van der Waals surface area contributed by atoms with E-state index in [2.05, 4.69) is 6.07 Å². The molecule has 6 heteroatoms. The zero-order chi connectivity index (χ0) is 14.8. The summed E-state index contributed by atoms with van der Waals surface area (Å²) in [6, 6.07) is 2.16. The number of alkyl halides is 3. The molecule has 0 aromatic carbocycles. The third-order valence-corrected chi connectivity index (χ3v) is 4.49. The highest BCUT2D eigenvalue weighted by molar-refractivity contribution is 5.79. The van der Waals surface area contributed by atoms with Crippen LogP contribution >= 0.6 is 0 Å². The number of nitriles is 1. The fraction of sp³-hybridized carbons (Fsp3) is 0.857. The minimum atomic E-state index is -4.29. The van der Waals surface area contributed by atoms with Crippen LogP contribution in [0, 0.1) is 29.1 Å². The SMILES string of the molecule is N#CC1CCN(C(=O)C2CCCCC2C(F)(F)F)CC1. The van der Waals surface area contributed by atoms with Gasteiger partial charge in [-0.1, -0.05) is 12.8 Å². The molecule has 0 N–H and O–H groups in total. The van der Waals surface area contributed by atoms with Crippen LogP contribution in [-0.2, 0) is 4.79 Å². The Balaban J connectivity index is 2.02. The van der Waals surface area contributed by atoms with Crippen LogP contribution in [0.5, 0.6) is 0 Å². The maximum atomic E-state index is 13.0. The van der Waals surface area contributed by atoms with E-state index in [1.54, 1.807) is 0 Å². The van der Waals surface area contributed by atoms with Gasteiger partial charge in [-0.05, 0) is 25.7 Å². The largest absolute Gasteiger partial charge is 0.392 e. The van der Waals surface area contributed by atoms with Gasteiger partial charge in [0.2, 0.25) is 5.91 Å². The molecule has 0 bridgehead atoms. The van der Waals surface area contributed by atoms with Crippen molar-refractivity contribution in [3.63, 3.8) is 0 Å². The molecule has 1 aliphatic heterocycles. The molecule has 2 atom stereocenters. The molecule has 0 aromatic heterocycles. The second-order valence-corrected chi connectivity index (χ2v) is 5.77. The van der Waals surface area contributed by atoms with Gasteiger partial charge in [-0.2, -0.15) is 18.4 Å². The summed E-state index contributed by atoms with van der Waals surface area (Å²) >= 11 is 0. The summed E-state index contributed by atoms with van der Waals surface area (Å²) in [7, 11) is 0. The minimum Gasteiger partial charge on any atom is -0.342 e. The molecule has 112 valence electrons. The van der Waals surface area contributed by atoms with Crippen molar-refractivity contribution in [1.82, 2.24) is 4.90 Å². The maximum Gasteiger partial charge on any atom is 0.392 e. The molecular formula is C14H19F3N2O. The fourth-order valence-corrected chi connectivity index (χ4v) is 3.28. The Morgan fingerprint density at radius 1 is 1.10 bits per heavy atom. The highest BCUT2D eigenvalue weighted by Crippen LogP contribution is 2.42. The van der Waals surface area contributed by atoms with E-state index < -0.39 is 18.0 Å². The lowest BCUT2D eigenvalue weighted by molar-refractivity contribution is -0.201. The quantitative estimate of drug-likeness (QED) is 0.744. The molecule has 3 nitrogen and oxygen atoms in total. The monoisotopic (exact) mass is 288 g/mol. The van der Waals surface area contributed by atoms with Crippen LogP contribution in [0.4, 0.5) is 13.2 Å². The van der Waals surface area contributed by atoms with Crippen LogP contribution in [0.25, 0.3) is 0 Å². The fourth-order valence-electron chi connectivity index (χ4n) is 3.28. The number of piperidine rings is 1. The van der Waals surface area contributed by atoms with Crippen molar-refractivity contribution in [3.05, 3.63) is 0 Å². The Labute approximate surface area is 116 Å². The summed E-state index contributed by atoms with van der Waals surface area (Å²) in [4.78, 5) is 13.9. The van der Waals surface area contributed by atoms with E-state index in [-0.39, 0.29) is 18.2 Å². The highest BCUT2D eigenvalue weighted by atomic mass is 19.4. The molecule has 2 rings (SSSR count). The maximum absolute atomic E-state index is 13.0. The van der Waals surface area contributed by atoms with Gasteiger partial charge in [0, 0.05) is 24.9 Å². The Morgan fingerprint density at radius 2 is 1.70 bits per heavy atom. The molecule has 1 heterocycles. The number of carbonyl (C=O) groups is 1. The van der Waals surface area contributed by atoms with Crippen LogP contribution < -0.4 is 0 Å². The van der Waals surface area contributed by atoms with Gasteiger partial charge in [-0.25, -0.2) is 0 Å². The molecular weight excluding hydrogens is 269 g/mol. The molecule has 0 radical (unpaired) electrons. The predicted molar refractivity (Wildman–Crippen MR) is 66.4 cm³/mol. The van der Waals surface area contributed by atoms with Gasteiger partial charge in [0.05, 0.1) is 12.0 Å². The third-order valence-electron chi connectivity index (χ3n) is 4.49. The lowest BCUT2D eigenvalue weighted by Gasteiger charge is -2.37. The van der Waals surface area contributed by atoms with Crippen molar-refractivity contribution in [3.8, 4) is 6.07 Å². The normalized spacial score (nSPS) is 29.0. The molecule has 20 heavy (non-hydrogen) atoms. The zero-order valence-electron chi connectivity index (χ0n) is 11.3. The smallest absolute Gasteiger partial charge is 0.342 e. The minimum absolute atomic E-state index is 0.0641. The van der Waals surface area contributed by atoms with Crippen molar-refractivity contribution < 1.29 is 18.0 Å². The summed E-state index contributed by atoms with van der Waals surface area (Å²) in [5.41, 5.74) is 0. The van der Waals surface area contributed by atoms with Crippen LogP contribution in [0.1, 0.15) is 38.5 Å². The average molecular weight is 288 g/mol. The number of halogens is 3. The summed E-state index contributed by atoms with van der Waals surface area (Å²) in [5, 5.41) is 8.81. The van der Waals surface area contributed by atoms with Gasteiger partial charge in [0.1, 0.15) is 0 Å². The Kier molecular flexibility index (Phi) is 4.56. The zero-order valence-corrected chi connectivity index (χ0v) is 11.3. The molecule has 1 saturated heterocycles. The first-order chi connectivity index (χ1) is 9.43. The first-order valence-corrected chi connectivity index (χ1v) is 7.18. The van der Waals surface area contributed by atoms with Gasteiger partial charge in [0.25, 0.3) is 0 Å². The Hall–Kier alpha value is -1.25. The topological polar surface area (TPSA) is 44.1 Å². The van der Waals surface area contributed by atoms with Gasteiger partial charge in [-0.3, -0.25) is 4.79 Å². The first-order valence-electron chi connectivity index (χ1n) is 7.18. The van der Waals surface area contributed by atoms with E-state index >= 15 is 0 Å². The second-order valence-electron chi connectivity index (χ2n) is 5.77. The van der Waals surface area contributed by atoms with Gasteiger partial charge in [-0.15, -0.1) is 0 Å². The second kappa shape index (κ2) is 6.02. The van der Waals surface area contributed by atoms with Gasteiger partial charge < -0.3 is 4.90 Å². The lowest BCUT2D eigenvalue weighted by Crippen LogP contribution is -2.47. The average Bonchev–Trinajstić information content (AvgIpc) is 2.46. The van der Waals surface area contributed by atoms with E-state index in [9.17, 15) is 18.0 Å². The van der Waals surface area contributed by atoms with E-state index in [4.69, 9.17) is 5.26 Å². The number of rotatable bonds is 1. The van der Waals surface area contributed by atoms with Crippen LogP contribution in [0.3, 0.4) is 0 Å². The summed E-state index contributed by atoms with van der Waals surface area (Å²) in [6.45, 7) is 0.830. The molecule has 0 aromatic rings. The molecule has 0 spiro atoms. The Morgan fingerprint density at radius 3 is 2.25 bits per heavy atom. The standard InChI is InChI=1S/C14H19F3N2O/c15-14(16,17)12-4-2-1-3-11(12)13(20)19-7-5-10(9-18)6-8-19/h10-12H,1-8H2. The van der Waals surface area contributed by atoms with Crippen molar-refractivity contribution in [1.29, 1.82) is 5.26 Å². The number of nitrogens with zero attached hydrogens (tertiary/aromatic N) is 2. The third kappa shape index (κ3) is 3.25. The van der Waals surface area contributed by atoms with Gasteiger partial charge >= 0.3 is 6.18 Å². The molecule has 1 saturated carbocycles. The number of likely N-dealkylation sites (tertiary alicyclic amines) is 1. The molecule has 1 amide bonds.